The van der Waals surface area contributed by atoms with E-state index < -0.39 is 10.0 Å². The standard InChI is InChI=1S/C27H29ClN4O5S2/c1-19-23(28)11-12-24-25(19)30-27(38-24)32(18-21-6-4-5-13-29-21)26(33)20-7-9-22(10-8-20)39(34,35)31(14-16-36-2)15-17-37-3/h4-13H,14-18H2,1-3H3. The number of rotatable bonds is 12. The lowest BCUT2D eigenvalue weighted by atomic mass is 10.2. The number of methoxy groups -OCH3 is 2. The molecule has 2 heterocycles. The molecule has 0 fully saturated rings. The summed E-state index contributed by atoms with van der Waals surface area (Å²) < 4.78 is 38.9. The fourth-order valence-corrected chi connectivity index (χ4v) is 6.48. The zero-order valence-electron chi connectivity index (χ0n) is 21.8. The number of anilines is 1. The molecule has 0 aliphatic carbocycles. The summed E-state index contributed by atoms with van der Waals surface area (Å²) in [5.41, 5.74) is 2.57. The largest absolute Gasteiger partial charge is 0.383 e. The van der Waals surface area contributed by atoms with Crippen molar-refractivity contribution in [3.05, 3.63) is 82.6 Å². The Morgan fingerprint density at radius 3 is 2.31 bits per heavy atom. The van der Waals surface area contributed by atoms with E-state index in [0.717, 1.165) is 15.8 Å². The predicted molar refractivity (Wildman–Crippen MR) is 153 cm³/mol. The second kappa shape index (κ2) is 12.9. The summed E-state index contributed by atoms with van der Waals surface area (Å²) in [7, 11) is -0.793. The lowest BCUT2D eigenvalue weighted by molar-refractivity contribution is 0.0984. The van der Waals surface area contributed by atoms with Crippen LogP contribution in [-0.2, 0) is 26.0 Å². The van der Waals surface area contributed by atoms with Crippen LogP contribution < -0.4 is 4.90 Å². The summed E-state index contributed by atoms with van der Waals surface area (Å²) in [5, 5.41) is 1.09. The van der Waals surface area contributed by atoms with Gasteiger partial charge in [-0.2, -0.15) is 4.31 Å². The number of ether oxygens (including phenoxy) is 2. The fourth-order valence-electron chi connectivity index (χ4n) is 3.90. The third kappa shape index (κ3) is 6.63. The number of benzene rings is 2. The van der Waals surface area contributed by atoms with Gasteiger partial charge in [-0.3, -0.25) is 14.7 Å². The van der Waals surface area contributed by atoms with Crippen LogP contribution in [0.25, 0.3) is 10.2 Å². The number of aryl methyl sites for hydroxylation is 1. The first-order chi connectivity index (χ1) is 18.8. The number of amides is 1. The Hall–Kier alpha value is -2.93. The predicted octanol–water partition coefficient (Wildman–Crippen LogP) is 4.78. The number of nitrogens with zero attached hydrogens (tertiary/aromatic N) is 4. The number of halogens is 1. The third-order valence-electron chi connectivity index (χ3n) is 6.09. The molecule has 4 aromatic rings. The maximum Gasteiger partial charge on any atom is 0.260 e. The van der Waals surface area contributed by atoms with Crippen molar-refractivity contribution in [3.63, 3.8) is 0 Å². The molecule has 12 heteroatoms. The number of hydrogen-bond donors (Lipinski definition) is 0. The summed E-state index contributed by atoms with van der Waals surface area (Å²) in [6, 6.07) is 15.1. The molecule has 0 saturated heterocycles. The number of thiazole rings is 1. The van der Waals surface area contributed by atoms with Crippen molar-refractivity contribution in [1.82, 2.24) is 14.3 Å². The molecular weight excluding hydrogens is 560 g/mol. The van der Waals surface area contributed by atoms with Gasteiger partial charge in [0.15, 0.2) is 5.13 Å². The minimum Gasteiger partial charge on any atom is -0.383 e. The highest BCUT2D eigenvalue weighted by molar-refractivity contribution is 7.89. The first-order valence-electron chi connectivity index (χ1n) is 12.1. The molecule has 0 unspecified atom stereocenters. The zero-order chi connectivity index (χ0) is 28.0. The maximum atomic E-state index is 13.8. The molecule has 0 bridgehead atoms. The lowest BCUT2D eigenvalue weighted by Crippen LogP contribution is -2.36. The SMILES string of the molecule is COCCN(CCOC)S(=O)(=O)c1ccc(C(=O)N(Cc2ccccn2)c2nc3c(C)c(Cl)ccc3s2)cc1. The van der Waals surface area contributed by atoms with E-state index in [9.17, 15) is 13.2 Å². The highest BCUT2D eigenvalue weighted by Gasteiger charge is 2.26. The Balaban J connectivity index is 1.67. The average molecular weight is 589 g/mol. The molecule has 0 N–H and O–H groups in total. The van der Waals surface area contributed by atoms with Gasteiger partial charge in [-0.1, -0.05) is 29.0 Å². The van der Waals surface area contributed by atoms with Gasteiger partial charge in [-0.15, -0.1) is 0 Å². The van der Waals surface area contributed by atoms with Crippen molar-refractivity contribution in [2.24, 2.45) is 0 Å². The molecule has 0 atom stereocenters. The second-order valence-electron chi connectivity index (χ2n) is 8.64. The number of hydrogen-bond acceptors (Lipinski definition) is 8. The van der Waals surface area contributed by atoms with E-state index in [1.165, 1.54) is 54.1 Å². The van der Waals surface area contributed by atoms with Gasteiger partial charge in [0.05, 0.1) is 40.6 Å². The van der Waals surface area contributed by atoms with Gasteiger partial charge in [-0.05, 0) is 61.0 Å². The molecule has 2 aromatic carbocycles. The quantitative estimate of drug-likeness (QED) is 0.235. The monoisotopic (exact) mass is 588 g/mol. The first-order valence-corrected chi connectivity index (χ1v) is 14.7. The van der Waals surface area contributed by atoms with Crippen molar-refractivity contribution >= 4 is 54.2 Å². The minimum atomic E-state index is -3.82. The van der Waals surface area contributed by atoms with Crippen LogP contribution in [0.1, 0.15) is 21.6 Å². The van der Waals surface area contributed by atoms with Crippen LogP contribution in [0.2, 0.25) is 5.02 Å². The Bertz CT molecular complexity index is 1520. The molecule has 2 aromatic heterocycles. The van der Waals surface area contributed by atoms with Crippen LogP contribution in [-0.4, -0.2) is 69.1 Å². The Kier molecular flexibility index (Phi) is 9.65. The topological polar surface area (TPSA) is 102 Å². The number of carbonyl (C=O) groups excluding carboxylic acids is 1. The van der Waals surface area contributed by atoms with E-state index >= 15 is 0 Å². The average Bonchev–Trinajstić information content (AvgIpc) is 3.39. The number of carbonyl (C=O) groups is 1. The van der Waals surface area contributed by atoms with Gasteiger partial charge >= 0.3 is 0 Å². The summed E-state index contributed by atoms with van der Waals surface area (Å²) in [6.45, 7) is 2.93. The molecular formula is C27H29ClN4O5S2. The highest BCUT2D eigenvalue weighted by Crippen LogP contribution is 2.34. The number of aromatic nitrogens is 2. The number of pyridine rings is 1. The van der Waals surface area contributed by atoms with E-state index in [4.69, 9.17) is 26.1 Å². The van der Waals surface area contributed by atoms with Crippen molar-refractivity contribution in [1.29, 1.82) is 0 Å². The normalized spacial score (nSPS) is 11.8. The molecule has 0 radical (unpaired) electrons. The first kappa shape index (κ1) is 29.1. The van der Waals surface area contributed by atoms with Crippen LogP contribution in [0.5, 0.6) is 0 Å². The van der Waals surface area contributed by atoms with Gasteiger partial charge in [0, 0.05) is 44.1 Å². The van der Waals surface area contributed by atoms with Crippen LogP contribution in [0.4, 0.5) is 5.13 Å². The molecule has 0 aliphatic rings. The summed E-state index contributed by atoms with van der Waals surface area (Å²) >= 11 is 7.68. The van der Waals surface area contributed by atoms with Crippen molar-refractivity contribution < 1.29 is 22.7 Å². The van der Waals surface area contributed by atoms with Gasteiger partial charge in [0.25, 0.3) is 5.91 Å². The smallest absolute Gasteiger partial charge is 0.260 e. The van der Waals surface area contributed by atoms with E-state index in [0.29, 0.717) is 21.4 Å². The minimum absolute atomic E-state index is 0.0767. The van der Waals surface area contributed by atoms with E-state index in [2.05, 4.69) is 4.98 Å². The Labute approximate surface area is 237 Å². The van der Waals surface area contributed by atoms with Crippen molar-refractivity contribution in [3.8, 4) is 0 Å². The second-order valence-corrected chi connectivity index (χ2v) is 12.0. The highest BCUT2D eigenvalue weighted by atomic mass is 35.5. The Morgan fingerprint density at radius 2 is 1.69 bits per heavy atom. The maximum absolute atomic E-state index is 13.8. The van der Waals surface area contributed by atoms with Crippen molar-refractivity contribution in [2.45, 2.75) is 18.4 Å². The number of sulfonamides is 1. The van der Waals surface area contributed by atoms with Gasteiger partial charge in [0.1, 0.15) is 0 Å². The van der Waals surface area contributed by atoms with E-state index in [-0.39, 0.29) is 43.7 Å². The van der Waals surface area contributed by atoms with Crippen molar-refractivity contribution in [2.75, 3.05) is 45.4 Å². The summed E-state index contributed by atoms with van der Waals surface area (Å²) in [6.07, 6.45) is 1.67. The summed E-state index contributed by atoms with van der Waals surface area (Å²) in [4.78, 5) is 24.5. The van der Waals surface area contributed by atoms with Crippen LogP contribution in [0.3, 0.4) is 0 Å². The molecule has 4 rings (SSSR count). The lowest BCUT2D eigenvalue weighted by Gasteiger charge is -2.22. The summed E-state index contributed by atoms with van der Waals surface area (Å²) in [5.74, 6) is -0.331. The van der Waals surface area contributed by atoms with Crippen LogP contribution in [0, 0.1) is 6.92 Å². The molecule has 206 valence electrons. The van der Waals surface area contributed by atoms with E-state index in [1.54, 1.807) is 17.2 Å². The fraction of sp³-hybridized carbons (Fsp3) is 0.296. The van der Waals surface area contributed by atoms with Gasteiger partial charge in [-0.25, -0.2) is 13.4 Å². The van der Waals surface area contributed by atoms with Crippen LogP contribution in [0.15, 0.2) is 65.7 Å². The molecule has 0 spiro atoms. The number of fused-ring (bicyclic) bond motifs is 1. The molecule has 0 aliphatic heterocycles. The van der Waals surface area contributed by atoms with Gasteiger partial charge in [0.2, 0.25) is 10.0 Å². The third-order valence-corrected chi connectivity index (χ3v) is 9.45. The molecule has 39 heavy (non-hydrogen) atoms. The molecule has 9 nitrogen and oxygen atoms in total. The van der Waals surface area contributed by atoms with Crippen LogP contribution >= 0.6 is 22.9 Å². The zero-order valence-corrected chi connectivity index (χ0v) is 24.2. The Morgan fingerprint density at radius 1 is 1.00 bits per heavy atom. The molecule has 1 amide bonds. The van der Waals surface area contributed by atoms with Gasteiger partial charge < -0.3 is 9.47 Å². The molecule has 0 saturated carbocycles. The van der Waals surface area contributed by atoms with E-state index in [1.807, 2.05) is 31.2 Å².